The van der Waals surface area contributed by atoms with Crippen LogP contribution in [-0.2, 0) is 0 Å². The van der Waals surface area contributed by atoms with Crippen molar-refractivity contribution in [2.24, 2.45) is 0 Å². The quantitative estimate of drug-likeness (QED) is 0.152. The van der Waals surface area contributed by atoms with Crippen molar-refractivity contribution in [3.05, 3.63) is 113 Å². The number of nitrogen functional groups attached to an aromatic ring is 2. The molecule has 0 atom stereocenters. The highest BCUT2D eigenvalue weighted by atomic mass is 16.6. The van der Waals surface area contributed by atoms with E-state index < -0.39 is 9.85 Å². The summed E-state index contributed by atoms with van der Waals surface area (Å²) in [7, 11) is 0. The Bertz CT molecular complexity index is 1540. The smallest absolute Gasteiger partial charge is 0.277 e. The predicted molar refractivity (Wildman–Crippen MR) is 164 cm³/mol. The molecule has 4 rings (SSSR count). The van der Waals surface area contributed by atoms with E-state index in [1.165, 1.54) is 34.4 Å². The van der Waals surface area contributed by atoms with Crippen LogP contribution in [0.1, 0.15) is 44.5 Å². The molecule has 8 heteroatoms. The molecule has 0 unspecified atom stereocenters. The molecular formula is C32H36N4O4. The summed E-state index contributed by atoms with van der Waals surface area (Å²) in [5, 5.41) is 22.7. The normalized spacial score (nSPS) is 10.6. The van der Waals surface area contributed by atoms with E-state index >= 15 is 0 Å². The Morgan fingerprint density at radius 2 is 0.700 bits per heavy atom. The number of hydrogen-bond donors (Lipinski definition) is 2. The first-order chi connectivity index (χ1) is 18.7. The number of rotatable bonds is 4. The molecule has 0 saturated carbocycles. The molecular weight excluding hydrogens is 504 g/mol. The number of nitrogens with two attached hydrogens (primary N) is 2. The molecule has 0 aliphatic carbocycles. The molecule has 0 aliphatic heterocycles. The maximum atomic E-state index is 11.4. The van der Waals surface area contributed by atoms with Gasteiger partial charge in [-0.05, 0) is 112 Å². The van der Waals surface area contributed by atoms with Crippen molar-refractivity contribution in [3.8, 4) is 22.3 Å². The lowest BCUT2D eigenvalue weighted by molar-refractivity contribution is -0.386. The highest BCUT2D eigenvalue weighted by Crippen LogP contribution is 2.42. The van der Waals surface area contributed by atoms with E-state index in [0.29, 0.717) is 22.3 Å². The summed E-state index contributed by atoms with van der Waals surface area (Å²) in [4.78, 5) is 21.8. The van der Waals surface area contributed by atoms with E-state index in [1.807, 2.05) is 26.0 Å². The van der Waals surface area contributed by atoms with Gasteiger partial charge in [0.05, 0.1) is 21.0 Å². The molecule has 0 aliphatic rings. The Hall–Kier alpha value is -4.72. The van der Waals surface area contributed by atoms with Gasteiger partial charge in [0.1, 0.15) is 0 Å². The van der Waals surface area contributed by atoms with Gasteiger partial charge in [-0.3, -0.25) is 20.2 Å². The first-order valence-corrected chi connectivity index (χ1v) is 12.9. The maximum Gasteiger partial charge on any atom is 0.277 e. The average Bonchev–Trinajstić information content (AvgIpc) is 2.89. The van der Waals surface area contributed by atoms with Gasteiger partial charge < -0.3 is 11.5 Å². The van der Waals surface area contributed by atoms with E-state index in [4.69, 9.17) is 11.5 Å². The van der Waals surface area contributed by atoms with Crippen LogP contribution in [0.3, 0.4) is 0 Å². The summed E-state index contributed by atoms with van der Waals surface area (Å²) < 4.78 is 0. The van der Waals surface area contributed by atoms with Crippen LogP contribution in [0.4, 0.5) is 22.7 Å². The van der Waals surface area contributed by atoms with Crippen LogP contribution in [0.5, 0.6) is 0 Å². The van der Waals surface area contributed by atoms with Gasteiger partial charge in [0, 0.05) is 34.6 Å². The van der Waals surface area contributed by atoms with Gasteiger partial charge in [0.25, 0.3) is 11.4 Å². The molecule has 0 heterocycles. The van der Waals surface area contributed by atoms with Crippen LogP contribution in [0.15, 0.2) is 48.5 Å². The summed E-state index contributed by atoms with van der Waals surface area (Å²) in [6.45, 7) is 15.6. The summed E-state index contributed by atoms with van der Waals surface area (Å²) >= 11 is 0. The fraction of sp³-hybridized carbons (Fsp3) is 0.250. The minimum atomic E-state index is -0.493. The third-order valence-electron chi connectivity index (χ3n) is 7.86. The van der Waals surface area contributed by atoms with Gasteiger partial charge in [-0.2, -0.15) is 0 Å². The number of nitrogens with zero attached hydrogens (tertiary/aromatic N) is 2. The zero-order valence-electron chi connectivity index (χ0n) is 24.3. The highest BCUT2D eigenvalue weighted by Gasteiger charge is 2.28. The van der Waals surface area contributed by atoms with Crippen LogP contribution in [0.25, 0.3) is 22.3 Å². The van der Waals surface area contributed by atoms with Gasteiger partial charge >= 0.3 is 0 Å². The van der Waals surface area contributed by atoms with Gasteiger partial charge in [0.2, 0.25) is 0 Å². The number of anilines is 2. The van der Waals surface area contributed by atoms with Crippen molar-refractivity contribution in [1.29, 1.82) is 0 Å². The second-order valence-electron chi connectivity index (χ2n) is 10.3. The Labute approximate surface area is 235 Å². The lowest BCUT2D eigenvalue weighted by Gasteiger charge is -2.18. The van der Waals surface area contributed by atoms with E-state index in [0.717, 1.165) is 33.6 Å². The zero-order chi connectivity index (χ0) is 30.0. The first-order valence-electron chi connectivity index (χ1n) is 12.9. The lowest BCUT2D eigenvalue weighted by atomic mass is 9.89. The summed E-state index contributed by atoms with van der Waals surface area (Å²) in [6, 6.07) is 14.1. The van der Waals surface area contributed by atoms with Crippen molar-refractivity contribution in [1.82, 2.24) is 0 Å². The van der Waals surface area contributed by atoms with Crippen molar-refractivity contribution in [2.45, 2.75) is 55.4 Å². The molecule has 0 saturated heterocycles. The fourth-order valence-corrected chi connectivity index (χ4v) is 4.88. The molecule has 40 heavy (non-hydrogen) atoms. The van der Waals surface area contributed by atoms with Crippen LogP contribution in [-0.4, -0.2) is 9.85 Å². The molecule has 4 N–H and O–H groups in total. The minimum Gasteiger partial charge on any atom is -0.398 e. The van der Waals surface area contributed by atoms with Crippen molar-refractivity contribution >= 4 is 22.7 Å². The van der Waals surface area contributed by atoms with E-state index in [2.05, 4.69) is 39.8 Å². The molecule has 0 spiro atoms. The molecule has 0 bridgehead atoms. The highest BCUT2D eigenvalue weighted by molar-refractivity contribution is 5.90. The summed E-state index contributed by atoms with van der Waals surface area (Å²) in [5.74, 6) is 0. The van der Waals surface area contributed by atoms with Crippen molar-refractivity contribution in [3.63, 3.8) is 0 Å². The van der Waals surface area contributed by atoms with Crippen LogP contribution < -0.4 is 11.5 Å². The summed E-state index contributed by atoms with van der Waals surface area (Å²) in [5.41, 5.74) is 24.5. The summed E-state index contributed by atoms with van der Waals surface area (Å²) in [6.07, 6.45) is 0. The molecule has 4 aromatic carbocycles. The Balaban J connectivity index is 0.000000225. The molecule has 0 fully saturated rings. The molecule has 0 amide bonds. The predicted octanol–water partition coefficient (Wildman–Crippen LogP) is 8.16. The van der Waals surface area contributed by atoms with Gasteiger partial charge in [0.15, 0.2) is 0 Å². The van der Waals surface area contributed by atoms with E-state index in [-0.39, 0.29) is 11.4 Å². The Kier molecular flexibility index (Phi) is 8.63. The second kappa shape index (κ2) is 11.6. The third kappa shape index (κ3) is 5.52. The SMILES string of the molecule is Cc1ccc(N)c(-c2c(N)ccc(C)c2C)c1C.Cc1ccc([N+](=O)[O-])c(-c2c([N+](=O)[O-])ccc(C)c2C)c1C. The number of aryl methyl sites for hydroxylation is 4. The van der Waals surface area contributed by atoms with Crippen LogP contribution >= 0.6 is 0 Å². The number of hydrogen-bond acceptors (Lipinski definition) is 6. The third-order valence-corrected chi connectivity index (χ3v) is 7.86. The lowest BCUT2D eigenvalue weighted by Crippen LogP contribution is -2.02. The average molecular weight is 541 g/mol. The largest absolute Gasteiger partial charge is 0.398 e. The van der Waals surface area contributed by atoms with E-state index in [9.17, 15) is 20.2 Å². The molecule has 4 aromatic rings. The number of nitro groups is 2. The zero-order valence-corrected chi connectivity index (χ0v) is 24.3. The van der Waals surface area contributed by atoms with Gasteiger partial charge in [-0.1, -0.05) is 24.3 Å². The number of nitro benzene ring substituents is 2. The van der Waals surface area contributed by atoms with Crippen LogP contribution in [0.2, 0.25) is 0 Å². The molecule has 8 nitrogen and oxygen atoms in total. The maximum absolute atomic E-state index is 11.4. The van der Waals surface area contributed by atoms with Crippen molar-refractivity contribution < 1.29 is 9.85 Å². The Morgan fingerprint density at radius 3 is 0.975 bits per heavy atom. The fourth-order valence-electron chi connectivity index (χ4n) is 4.88. The number of benzene rings is 4. The standard InChI is InChI=1S/C16H16N2O4.C16H20N2/c1-9-5-7-13(17(19)20)15(11(9)3)16-12(4)10(2)6-8-14(16)18(21)22;1-9-5-7-13(17)15(11(9)3)16-12(4)10(2)6-8-14(16)18/h5-8H,1-4H3;5-8H,17-18H2,1-4H3. The monoisotopic (exact) mass is 540 g/mol. The van der Waals surface area contributed by atoms with Gasteiger partial charge in [-0.25, -0.2) is 0 Å². The minimum absolute atomic E-state index is 0.111. The van der Waals surface area contributed by atoms with E-state index in [1.54, 1.807) is 26.0 Å². The second-order valence-corrected chi connectivity index (χ2v) is 10.3. The van der Waals surface area contributed by atoms with Gasteiger partial charge in [-0.15, -0.1) is 0 Å². The topological polar surface area (TPSA) is 138 Å². The molecule has 0 aromatic heterocycles. The molecule has 208 valence electrons. The Morgan fingerprint density at radius 1 is 0.450 bits per heavy atom. The van der Waals surface area contributed by atoms with Crippen molar-refractivity contribution in [2.75, 3.05) is 11.5 Å². The first kappa shape index (κ1) is 29.8. The molecule has 0 radical (unpaired) electrons. The van der Waals surface area contributed by atoms with Crippen LogP contribution in [0, 0.1) is 75.6 Å².